The second-order valence-electron chi connectivity index (χ2n) is 18.0. The number of rotatable bonds is 51. The highest BCUT2D eigenvalue weighted by Gasteiger charge is 2.27. The van der Waals surface area contributed by atoms with Crippen LogP contribution in [-0.4, -0.2) is 60.5 Å². The van der Waals surface area contributed by atoms with E-state index in [1.165, 1.54) is 173 Å². The predicted octanol–water partition coefficient (Wildman–Crippen LogP) is 15.6. The fourth-order valence-electron chi connectivity index (χ4n) is 7.55. The van der Waals surface area contributed by atoms with Gasteiger partial charge < -0.3 is 25.2 Å². The summed E-state index contributed by atoms with van der Waals surface area (Å²) in [6, 6.07) is -1.47. The van der Waals surface area contributed by atoms with Crippen LogP contribution >= 0.6 is 7.82 Å². The van der Waals surface area contributed by atoms with E-state index in [1.54, 1.807) is 0 Å². The van der Waals surface area contributed by atoms with Crippen LogP contribution in [-0.2, 0) is 32.7 Å². The number of unbranched alkanes of at least 4 members (excludes halogenated alkanes) is 31. The normalized spacial score (nSPS) is 13.9. The number of nitrogens with two attached hydrogens (primary N) is 1. The topological polar surface area (TPSA) is 155 Å². The molecule has 0 saturated heterocycles. The van der Waals surface area contributed by atoms with E-state index in [0.29, 0.717) is 13.0 Å². The van der Waals surface area contributed by atoms with Gasteiger partial charge in [-0.1, -0.05) is 230 Å². The van der Waals surface area contributed by atoms with Gasteiger partial charge in [-0.25, -0.2) is 4.57 Å². The van der Waals surface area contributed by atoms with Gasteiger partial charge in [-0.2, -0.15) is 0 Å². The zero-order valence-electron chi connectivity index (χ0n) is 41.4. The minimum atomic E-state index is -4.62. The SMILES string of the molecule is CCCCCCC/C=C\C/C=C\C/C=C\CCCCCCCCCOCC(COP(=O)(O)OCC(N)C(=O)O)OC(=O)CCCCCCCCCCCCCCCCCCCCCC. The van der Waals surface area contributed by atoms with Crippen molar-refractivity contribution >= 4 is 19.8 Å². The highest BCUT2D eigenvalue weighted by Crippen LogP contribution is 2.43. The molecule has 376 valence electrons. The Labute approximate surface area is 393 Å². The van der Waals surface area contributed by atoms with E-state index in [1.807, 2.05) is 0 Å². The van der Waals surface area contributed by atoms with Crippen LogP contribution in [0.2, 0.25) is 0 Å². The van der Waals surface area contributed by atoms with E-state index in [-0.39, 0.29) is 13.0 Å². The molecule has 0 fully saturated rings. The molecule has 0 bridgehead atoms. The van der Waals surface area contributed by atoms with Crippen molar-refractivity contribution in [1.29, 1.82) is 0 Å². The van der Waals surface area contributed by atoms with Gasteiger partial charge in [0.25, 0.3) is 0 Å². The summed E-state index contributed by atoms with van der Waals surface area (Å²) in [6.45, 7) is 3.89. The molecule has 0 radical (unpaired) electrons. The molecule has 4 N–H and O–H groups in total. The van der Waals surface area contributed by atoms with Gasteiger partial charge in [0, 0.05) is 13.0 Å². The maximum absolute atomic E-state index is 12.7. The van der Waals surface area contributed by atoms with Crippen molar-refractivity contribution in [1.82, 2.24) is 0 Å². The summed E-state index contributed by atoms with van der Waals surface area (Å²) < 4.78 is 33.5. The monoisotopic (exact) mass is 926 g/mol. The molecule has 0 aliphatic carbocycles. The molecule has 3 atom stereocenters. The van der Waals surface area contributed by atoms with Gasteiger partial charge in [-0.3, -0.25) is 18.6 Å². The number of allylic oxidation sites excluding steroid dienone is 6. The molecular weight excluding hydrogens is 826 g/mol. The van der Waals surface area contributed by atoms with Crippen molar-refractivity contribution in [3.8, 4) is 0 Å². The Morgan fingerprint density at radius 3 is 1.28 bits per heavy atom. The van der Waals surface area contributed by atoms with Gasteiger partial charge in [0.15, 0.2) is 0 Å². The van der Waals surface area contributed by atoms with Crippen molar-refractivity contribution in [3.05, 3.63) is 36.5 Å². The maximum Gasteiger partial charge on any atom is 0.472 e. The first-order valence-electron chi connectivity index (χ1n) is 26.5. The first-order valence-corrected chi connectivity index (χ1v) is 28.0. The lowest BCUT2D eigenvalue weighted by atomic mass is 10.0. The van der Waals surface area contributed by atoms with Gasteiger partial charge >= 0.3 is 19.8 Å². The third-order valence-electron chi connectivity index (χ3n) is 11.7. The second-order valence-corrected chi connectivity index (χ2v) is 19.5. The molecule has 0 aliphatic heterocycles. The van der Waals surface area contributed by atoms with Crippen LogP contribution in [0.1, 0.15) is 251 Å². The summed E-state index contributed by atoms with van der Waals surface area (Å²) >= 11 is 0. The largest absolute Gasteiger partial charge is 0.480 e. The zero-order chi connectivity index (χ0) is 46.9. The molecule has 0 saturated carbocycles. The number of carboxylic acids is 1. The number of hydrogen-bond donors (Lipinski definition) is 3. The minimum Gasteiger partial charge on any atom is -0.480 e. The molecule has 0 aromatic heterocycles. The average molecular weight is 926 g/mol. The molecule has 10 nitrogen and oxygen atoms in total. The molecule has 0 aromatic carbocycles. The number of aliphatic carboxylic acids is 1. The maximum atomic E-state index is 12.7. The van der Waals surface area contributed by atoms with Crippen LogP contribution in [0, 0.1) is 0 Å². The van der Waals surface area contributed by atoms with E-state index in [4.69, 9.17) is 29.4 Å². The van der Waals surface area contributed by atoms with Crippen molar-refractivity contribution in [3.63, 3.8) is 0 Å². The van der Waals surface area contributed by atoms with Crippen molar-refractivity contribution in [2.24, 2.45) is 5.73 Å². The van der Waals surface area contributed by atoms with Crippen LogP contribution in [0.5, 0.6) is 0 Å². The number of carbonyl (C=O) groups excluding carboxylic acids is 1. The van der Waals surface area contributed by atoms with E-state index < -0.39 is 45.1 Å². The van der Waals surface area contributed by atoms with Crippen molar-refractivity contribution in [2.75, 3.05) is 26.4 Å². The Balaban J connectivity index is 4.13. The molecule has 3 unspecified atom stereocenters. The number of hydrogen-bond acceptors (Lipinski definition) is 8. The summed E-state index contributed by atoms with van der Waals surface area (Å²) in [4.78, 5) is 33.7. The summed E-state index contributed by atoms with van der Waals surface area (Å²) in [6.07, 6.45) is 57.7. The highest BCUT2D eigenvalue weighted by molar-refractivity contribution is 7.47. The fraction of sp³-hybridized carbons (Fsp3) is 0.849. The molecule has 0 aliphatic rings. The van der Waals surface area contributed by atoms with E-state index in [9.17, 15) is 19.0 Å². The lowest BCUT2D eigenvalue weighted by Gasteiger charge is -2.20. The van der Waals surface area contributed by atoms with Gasteiger partial charge in [0.1, 0.15) is 12.1 Å². The number of carbonyl (C=O) groups is 2. The molecule has 11 heteroatoms. The number of phosphoric acid groups is 1. The van der Waals surface area contributed by atoms with Crippen molar-refractivity contribution in [2.45, 2.75) is 264 Å². The van der Waals surface area contributed by atoms with Crippen LogP contribution in [0.4, 0.5) is 0 Å². The molecule has 0 aromatic rings. The molecule has 0 heterocycles. The third kappa shape index (κ3) is 48.1. The van der Waals surface area contributed by atoms with Crippen LogP contribution < -0.4 is 5.73 Å². The Bertz CT molecular complexity index is 1160. The average Bonchev–Trinajstić information content (AvgIpc) is 3.28. The van der Waals surface area contributed by atoms with Crippen molar-refractivity contribution < 1.29 is 42.7 Å². The standard InChI is InChI=1S/C53H100NO9P/c1-3-5-7-9-11-13-15-17-19-21-23-25-26-28-30-32-34-36-38-40-42-44-46-60-47-50(48-61-64(58,59)62-49-51(54)53(56)57)63-52(55)45-43-41-39-37-35-33-31-29-27-24-22-20-18-16-14-12-10-8-6-4-2/h15,17,21,23,26,28,50-51H,3-14,16,18-20,22,24-25,27,29-49,54H2,1-2H3,(H,56,57)(H,58,59)/b17-15-,23-21-,28-26-. The van der Waals surface area contributed by atoms with Crippen LogP contribution in [0.25, 0.3) is 0 Å². The van der Waals surface area contributed by atoms with E-state index in [2.05, 4.69) is 50.3 Å². The Morgan fingerprint density at radius 2 is 0.859 bits per heavy atom. The third-order valence-corrected chi connectivity index (χ3v) is 12.6. The summed E-state index contributed by atoms with van der Waals surface area (Å²) in [7, 11) is -4.62. The minimum absolute atomic E-state index is 0.0131. The summed E-state index contributed by atoms with van der Waals surface area (Å²) in [5.41, 5.74) is 5.38. The highest BCUT2D eigenvalue weighted by atomic mass is 31.2. The smallest absolute Gasteiger partial charge is 0.472 e. The quantitative estimate of drug-likeness (QED) is 0.0232. The number of esters is 1. The Hall–Kier alpha value is -1.81. The molecule has 0 amide bonds. The molecular formula is C53H100NO9P. The molecule has 0 rings (SSSR count). The lowest BCUT2D eigenvalue weighted by Crippen LogP contribution is -2.34. The molecule has 64 heavy (non-hydrogen) atoms. The predicted molar refractivity (Wildman–Crippen MR) is 268 cm³/mol. The van der Waals surface area contributed by atoms with Crippen LogP contribution in [0.15, 0.2) is 36.5 Å². The molecule has 0 spiro atoms. The first kappa shape index (κ1) is 62.2. The lowest BCUT2D eigenvalue weighted by molar-refractivity contribution is -0.154. The second kappa shape index (κ2) is 49.1. The zero-order valence-corrected chi connectivity index (χ0v) is 42.3. The number of phosphoric ester groups is 1. The van der Waals surface area contributed by atoms with Gasteiger partial charge in [0.05, 0.1) is 19.8 Å². The Kier molecular flexibility index (Phi) is 47.7. The van der Waals surface area contributed by atoms with E-state index in [0.717, 1.165) is 51.4 Å². The fourth-order valence-corrected chi connectivity index (χ4v) is 8.33. The van der Waals surface area contributed by atoms with E-state index >= 15 is 0 Å². The van der Waals surface area contributed by atoms with Crippen LogP contribution in [0.3, 0.4) is 0 Å². The Morgan fingerprint density at radius 1 is 0.500 bits per heavy atom. The van der Waals surface area contributed by atoms with Gasteiger partial charge in [0.2, 0.25) is 0 Å². The number of carboxylic acid groups (broad SMARTS) is 1. The summed E-state index contributed by atoms with van der Waals surface area (Å²) in [5, 5.41) is 8.93. The summed E-state index contributed by atoms with van der Waals surface area (Å²) in [5.74, 6) is -1.77. The first-order chi connectivity index (χ1) is 31.2. The van der Waals surface area contributed by atoms with Gasteiger partial charge in [-0.15, -0.1) is 0 Å². The number of ether oxygens (including phenoxy) is 2. The van der Waals surface area contributed by atoms with Gasteiger partial charge in [-0.05, 0) is 51.4 Å².